The van der Waals surface area contributed by atoms with Crippen molar-refractivity contribution in [2.45, 2.75) is 26.8 Å². The number of carbonyl (C=O) groups excluding carboxylic acids is 1. The molecule has 6 nitrogen and oxygen atoms in total. The van der Waals surface area contributed by atoms with E-state index in [0.717, 1.165) is 11.3 Å². The molecule has 2 N–H and O–H groups in total. The monoisotopic (exact) mass is 264 g/mol. The van der Waals surface area contributed by atoms with Crippen molar-refractivity contribution >= 4 is 11.9 Å². The number of hydrogen-bond donors (Lipinski definition) is 2. The number of aryl methyl sites for hydroxylation is 2. The Labute approximate surface area is 110 Å². The first-order valence-corrected chi connectivity index (χ1v) is 6.08. The van der Waals surface area contributed by atoms with Crippen LogP contribution >= 0.6 is 0 Å². The second-order valence-corrected chi connectivity index (χ2v) is 4.96. The quantitative estimate of drug-likeness (QED) is 0.828. The maximum Gasteiger partial charge on any atom is 0.308 e. The SMILES string of the molecule is Cc1cc(C)c(CN2CC(C(=O)O)CC2=O)c(=O)[nH]1. The molecule has 0 radical (unpaired) electrons. The Balaban J connectivity index is 2.21. The number of aromatic nitrogens is 1. The minimum atomic E-state index is -0.967. The molecule has 1 aliphatic heterocycles. The van der Waals surface area contributed by atoms with Crippen LogP contribution in [0.3, 0.4) is 0 Å². The van der Waals surface area contributed by atoms with Crippen molar-refractivity contribution in [3.63, 3.8) is 0 Å². The van der Waals surface area contributed by atoms with Gasteiger partial charge in [-0.05, 0) is 25.5 Å². The highest BCUT2D eigenvalue weighted by Crippen LogP contribution is 2.20. The highest BCUT2D eigenvalue weighted by atomic mass is 16.4. The van der Waals surface area contributed by atoms with Crippen molar-refractivity contribution in [2.75, 3.05) is 6.54 Å². The van der Waals surface area contributed by atoms with Gasteiger partial charge in [0, 0.05) is 24.2 Å². The van der Waals surface area contributed by atoms with Crippen LogP contribution in [-0.2, 0) is 16.1 Å². The normalized spacial score (nSPS) is 18.9. The zero-order chi connectivity index (χ0) is 14.2. The zero-order valence-corrected chi connectivity index (χ0v) is 10.9. The molecule has 1 saturated heterocycles. The number of rotatable bonds is 3. The number of nitrogens with zero attached hydrogens (tertiary/aromatic N) is 1. The van der Waals surface area contributed by atoms with E-state index in [1.54, 1.807) is 6.92 Å². The average Bonchev–Trinajstić information content (AvgIpc) is 2.65. The van der Waals surface area contributed by atoms with E-state index in [1.807, 2.05) is 13.0 Å². The lowest BCUT2D eigenvalue weighted by molar-refractivity contribution is -0.141. The Morgan fingerprint density at radius 3 is 2.68 bits per heavy atom. The number of aliphatic carboxylic acids is 1. The highest BCUT2D eigenvalue weighted by molar-refractivity contribution is 5.86. The van der Waals surface area contributed by atoms with E-state index >= 15 is 0 Å². The molecule has 1 amide bonds. The lowest BCUT2D eigenvalue weighted by Crippen LogP contribution is -2.30. The molecule has 1 aromatic heterocycles. The standard InChI is InChI=1S/C13H16N2O4/c1-7-3-8(2)14-12(17)10(7)6-15-5-9(13(18)19)4-11(15)16/h3,9H,4-6H2,1-2H3,(H,14,17)(H,18,19). The number of H-pyrrole nitrogens is 1. The van der Waals surface area contributed by atoms with Gasteiger partial charge in [-0.25, -0.2) is 0 Å². The van der Waals surface area contributed by atoms with E-state index in [2.05, 4.69) is 4.98 Å². The molecule has 2 heterocycles. The molecule has 6 heteroatoms. The van der Waals surface area contributed by atoms with Crippen LogP contribution in [0, 0.1) is 19.8 Å². The number of aromatic amines is 1. The summed E-state index contributed by atoms with van der Waals surface area (Å²) in [5.74, 6) is -1.85. The van der Waals surface area contributed by atoms with Gasteiger partial charge in [-0.3, -0.25) is 14.4 Å². The first-order chi connectivity index (χ1) is 8.88. The third kappa shape index (κ3) is 2.67. The molecule has 0 aliphatic carbocycles. The second-order valence-electron chi connectivity index (χ2n) is 4.96. The summed E-state index contributed by atoms with van der Waals surface area (Å²) in [6.07, 6.45) is 0.0121. The van der Waals surface area contributed by atoms with Crippen LogP contribution in [-0.4, -0.2) is 33.4 Å². The van der Waals surface area contributed by atoms with Gasteiger partial charge < -0.3 is 15.0 Å². The summed E-state index contributed by atoms with van der Waals surface area (Å²) in [5.41, 5.74) is 1.88. The van der Waals surface area contributed by atoms with E-state index in [1.165, 1.54) is 4.90 Å². The van der Waals surface area contributed by atoms with Gasteiger partial charge in [0.25, 0.3) is 5.56 Å². The third-order valence-corrected chi connectivity index (χ3v) is 3.41. The fourth-order valence-electron chi connectivity index (χ4n) is 2.36. The molecule has 0 spiro atoms. The molecular weight excluding hydrogens is 248 g/mol. The molecule has 19 heavy (non-hydrogen) atoms. The van der Waals surface area contributed by atoms with Crippen molar-refractivity contribution in [3.05, 3.63) is 33.2 Å². The van der Waals surface area contributed by atoms with Gasteiger partial charge in [-0.1, -0.05) is 0 Å². The minimum Gasteiger partial charge on any atom is -0.481 e. The number of likely N-dealkylation sites (tertiary alicyclic amines) is 1. The number of carbonyl (C=O) groups is 2. The number of carboxylic acid groups (broad SMARTS) is 1. The molecule has 1 fully saturated rings. The van der Waals surface area contributed by atoms with Crippen LogP contribution < -0.4 is 5.56 Å². The van der Waals surface area contributed by atoms with E-state index < -0.39 is 11.9 Å². The minimum absolute atomic E-state index is 0.0121. The number of nitrogens with one attached hydrogen (secondary N) is 1. The molecule has 1 unspecified atom stereocenters. The van der Waals surface area contributed by atoms with Crippen LogP contribution in [0.4, 0.5) is 0 Å². The topological polar surface area (TPSA) is 90.5 Å². The predicted octanol–water partition coefficient (Wildman–Crippen LogP) is 0.425. The van der Waals surface area contributed by atoms with Crippen LogP contribution in [0.1, 0.15) is 23.2 Å². The zero-order valence-electron chi connectivity index (χ0n) is 10.9. The van der Waals surface area contributed by atoms with Crippen molar-refractivity contribution in [1.82, 2.24) is 9.88 Å². The first-order valence-electron chi connectivity index (χ1n) is 6.08. The summed E-state index contributed by atoms with van der Waals surface area (Å²) >= 11 is 0. The largest absolute Gasteiger partial charge is 0.481 e. The van der Waals surface area contributed by atoms with Gasteiger partial charge in [0.2, 0.25) is 5.91 Å². The van der Waals surface area contributed by atoms with Gasteiger partial charge in [0.1, 0.15) is 0 Å². The summed E-state index contributed by atoms with van der Waals surface area (Å²) in [6.45, 7) is 3.94. The molecular formula is C13H16N2O4. The highest BCUT2D eigenvalue weighted by Gasteiger charge is 2.34. The van der Waals surface area contributed by atoms with E-state index in [9.17, 15) is 14.4 Å². The lowest BCUT2D eigenvalue weighted by atomic mass is 10.1. The average molecular weight is 264 g/mol. The predicted molar refractivity (Wildman–Crippen MR) is 67.7 cm³/mol. The molecule has 1 atom stereocenters. The molecule has 2 rings (SSSR count). The second kappa shape index (κ2) is 4.87. The van der Waals surface area contributed by atoms with Gasteiger partial charge in [0.05, 0.1) is 12.5 Å². The Bertz CT molecular complexity index is 591. The number of hydrogen-bond acceptors (Lipinski definition) is 3. The Kier molecular flexibility index (Phi) is 3.42. The van der Waals surface area contributed by atoms with Crippen LogP contribution in [0.2, 0.25) is 0 Å². The van der Waals surface area contributed by atoms with Gasteiger partial charge in [0.15, 0.2) is 0 Å². The summed E-state index contributed by atoms with van der Waals surface area (Å²) in [7, 11) is 0. The van der Waals surface area contributed by atoms with E-state index in [0.29, 0.717) is 5.56 Å². The molecule has 1 aromatic rings. The maximum atomic E-state index is 11.9. The fourth-order valence-corrected chi connectivity index (χ4v) is 2.36. The number of carboxylic acids is 1. The van der Waals surface area contributed by atoms with Crippen LogP contribution in [0.15, 0.2) is 10.9 Å². The van der Waals surface area contributed by atoms with Crippen LogP contribution in [0.5, 0.6) is 0 Å². The fraction of sp³-hybridized carbons (Fsp3) is 0.462. The molecule has 0 bridgehead atoms. The smallest absolute Gasteiger partial charge is 0.308 e. The Hall–Kier alpha value is -2.11. The van der Waals surface area contributed by atoms with Gasteiger partial charge >= 0.3 is 5.97 Å². The van der Waals surface area contributed by atoms with Crippen molar-refractivity contribution in [3.8, 4) is 0 Å². The molecule has 0 saturated carbocycles. The summed E-state index contributed by atoms with van der Waals surface area (Å²) < 4.78 is 0. The molecule has 102 valence electrons. The summed E-state index contributed by atoms with van der Waals surface area (Å²) in [5, 5.41) is 8.91. The van der Waals surface area contributed by atoms with Gasteiger partial charge in [-0.15, -0.1) is 0 Å². The third-order valence-electron chi connectivity index (χ3n) is 3.41. The Morgan fingerprint density at radius 1 is 1.47 bits per heavy atom. The summed E-state index contributed by atoms with van der Waals surface area (Å²) in [4.78, 5) is 38.6. The lowest BCUT2D eigenvalue weighted by Gasteiger charge is -2.17. The van der Waals surface area contributed by atoms with Crippen molar-refractivity contribution in [1.29, 1.82) is 0 Å². The van der Waals surface area contributed by atoms with Crippen LogP contribution in [0.25, 0.3) is 0 Å². The number of pyridine rings is 1. The summed E-state index contributed by atoms with van der Waals surface area (Å²) in [6, 6.07) is 1.84. The molecule has 0 aromatic carbocycles. The maximum absolute atomic E-state index is 11.9. The Morgan fingerprint density at radius 2 is 2.16 bits per heavy atom. The van der Waals surface area contributed by atoms with E-state index in [4.69, 9.17) is 5.11 Å². The number of amides is 1. The van der Waals surface area contributed by atoms with Gasteiger partial charge in [-0.2, -0.15) is 0 Å². The van der Waals surface area contributed by atoms with Crippen molar-refractivity contribution in [2.24, 2.45) is 5.92 Å². The molecule has 1 aliphatic rings. The van der Waals surface area contributed by atoms with Crippen molar-refractivity contribution < 1.29 is 14.7 Å². The van der Waals surface area contributed by atoms with E-state index in [-0.39, 0.29) is 31.0 Å². The first kappa shape index (κ1) is 13.3.